The summed E-state index contributed by atoms with van der Waals surface area (Å²) in [5.41, 5.74) is 1.30. The zero-order chi connectivity index (χ0) is 16.7. The van der Waals surface area contributed by atoms with Crippen molar-refractivity contribution in [2.24, 2.45) is 0 Å². The first-order valence-electron chi connectivity index (χ1n) is 7.18. The molecule has 6 heteroatoms. The van der Waals surface area contributed by atoms with Gasteiger partial charge in [0.15, 0.2) is 0 Å². The van der Waals surface area contributed by atoms with Gasteiger partial charge in [0.05, 0.1) is 25.0 Å². The average molecular weight is 313 g/mol. The van der Waals surface area contributed by atoms with Gasteiger partial charge in [-0.25, -0.2) is 0 Å². The van der Waals surface area contributed by atoms with E-state index in [4.69, 9.17) is 4.74 Å². The van der Waals surface area contributed by atoms with Gasteiger partial charge in [0, 0.05) is 13.1 Å². The summed E-state index contributed by atoms with van der Waals surface area (Å²) in [6.07, 6.45) is 1.66. The predicted molar refractivity (Wildman–Crippen MR) is 87.0 cm³/mol. The Morgan fingerprint density at radius 2 is 1.91 bits per heavy atom. The third-order valence-electron chi connectivity index (χ3n) is 3.24. The lowest BCUT2D eigenvalue weighted by Gasteiger charge is -2.20. The highest BCUT2D eigenvalue weighted by atomic mass is 16.5. The van der Waals surface area contributed by atoms with Crippen LogP contribution in [0, 0.1) is 0 Å². The summed E-state index contributed by atoms with van der Waals surface area (Å²) in [6, 6.07) is 12.6. The number of para-hydroxylation sites is 2. The second-order valence-electron chi connectivity index (χ2n) is 4.94. The minimum atomic E-state index is -0.291. The van der Waals surface area contributed by atoms with E-state index in [0.717, 1.165) is 5.69 Å². The molecular weight excluding hydrogens is 294 g/mol. The van der Waals surface area contributed by atoms with Crippen molar-refractivity contribution in [3.63, 3.8) is 0 Å². The first kappa shape index (κ1) is 16.5. The Morgan fingerprint density at radius 1 is 1.17 bits per heavy atom. The minimum absolute atomic E-state index is 0.0516. The molecule has 0 radical (unpaired) electrons. The number of carbonyl (C=O) groups is 2. The molecule has 1 heterocycles. The fourth-order valence-corrected chi connectivity index (χ4v) is 2.08. The number of benzene rings is 1. The molecule has 1 aromatic carbocycles. The molecule has 6 nitrogen and oxygen atoms in total. The summed E-state index contributed by atoms with van der Waals surface area (Å²) < 4.78 is 5.19. The maximum atomic E-state index is 12.2. The van der Waals surface area contributed by atoms with Gasteiger partial charge in [-0.05, 0) is 24.3 Å². The van der Waals surface area contributed by atoms with Crippen LogP contribution in [-0.2, 0) is 16.1 Å². The highest BCUT2D eigenvalue weighted by Gasteiger charge is 2.15. The third-order valence-corrected chi connectivity index (χ3v) is 3.24. The van der Waals surface area contributed by atoms with Crippen LogP contribution in [0.5, 0.6) is 5.75 Å². The first-order chi connectivity index (χ1) is 11.1. The van der Waals surface area contributed by atoms with Crippen LogP contribution < -0.4 is 10.1 Å². The van der Waals surface area contributed by atoms with Gasteiger partial charge in [0.25, 0.3) is 0 Å². The van der Waals surface area contributed by atoms with Gasteiger partial charge in [0.1, 0.15) is 12.3 Å². The molecule has 0 fully saturated rings. The Kier molecular flexibility index (Phi) is 5.68. The molecule has 0 unspecified atom stereocenters. The zero-order valence-electron chi connectivity index (χ0n) is 13.2. The summed E-state index contributed by atoms with van der Waals surface area (Å²) in [5.74, 6) is 0.0893. The molecule has 23 heavy (non-hydrogen) atoms. The number of carbonyl (C=O) groups excluding carboxylic acids is 2. The SMILES string of the molecule is COc1ccccc1NC(=O)CN(Cc1ccccn1)C(C)=O. The van der Waals surface area contributed by atoms with Crippen LogP contribution in [-0.4, -0.2) is 35.4 Å². The molecule has 2 amide bonds. The quantitative estimate of drug-likeness (QED) is 0.886. The number of aromatic nitrogens is 1. The lowest BCUT2D eigenvalue weighted by molar-refractivity contribution is -0.133. The number of rotatable bonds is 6. The molecule has 0 aliphatic rings. The minimum Gasteiger partial charge on any atom is -0.495 e. The van der Waals surface area contributed by atoms with Gasteiger partial charge >= 0.3 is 0 Å². The lowest BCUT2D eigenvalue weighted by Crippen LogP contribution is -2.36. The van der Waals surface area contributed by atoms with Gasteiger partial charge in [-0.15, -0.1) is 0 Å². The number of hydrogen-bond acceptors (Lipinski definition) is 4. The van der Waals surface area contributed by atoms with Crippen molar-refractivity contribution >= 4 is 17.5 Å². The summed E-state index contributed by atoms with van der Waals surface area (Å²) >= 11 is 0. The van der Waals surface area contributed by atoms with Gasteiger partial charge in [0.2, 0.25) is 11.8 Å². The molecule has 1 N–H and O–H groups in total. The molecule has 0 aliphatic carbocycles. The Morgan fingerprint density at radius 3 is 2.57 bits per heavy atom. The molecule has 120 valence electrons. The second-order valence-corrected chi connectivity index (χ2v) is 4.94. The van der Waals surface area contributed by atoms with Crippen molar-refractivity contribution in [2.75, 3.05) is 19.0 Å². The van der Waals surface area contributed by atoms with Gasteiger partial charge in [-0.2, -0.15) is 0 Å². The van der Waals surface area contributed by atoms with E-state index in [1.54, 1.807) is 30.5 Å². The zero-order valence-corrected chi connectivity index (χ0v) is 13.2. The van der Waals surface area contributed by atoms with Crippen molar-refractivity contribution < 1.29 is 14.3 Å². The third kappa shape index (κ3) is 4.81. The fraction of sp³-hybridized carbons (Fsp3) is 0.235. The molecule has 0 saturated heterocycles. The maximum absolute atomic E-state index is 12.2. The summed E-state index contributed by atoms with van der Waals surface area (Å²) in [4.78, 5) is 29.6. The van der Waals surface area contributed by atoms with Gasteiger partial charge in [-0.1, -0.05) is 18.2 Å². The van der Waals surface area contributed by atoms with Crippen LogP contribution in [0.25, 0.3) is 0 Å². The van der Waals surface area contributed by atoms with E-state index in [1.807, 2.05) is 18.2 Å². The molecule has 1 aromatic heterocycles. The van der Waals surface area contributed by atoms with Crippen molar-refractivity contribution in [3.8, 4) is 5.75 Å². The Balaban J connectivity index is 2.02. The van der Waals surface area contributed by atoms with Crippen molar-refractivity contribution in [1.29, 1.82) is 0 Å². The van der Waals surface area contributed by atoms with Crippen LogP contribution in [0.3, 0.4) is 0 Å². The Hall–Kier alpha value is -2.89. The first-order valence-corrected chi connectivity index (χ1v) is 7.18. The predicted octanol–water partition coefficient (Wildman–Crippen LogP) is 2.08. The van der Waals surface area contributed by atoms with E-state index < -0.39 is 0 Å². The van der Waals surface area contributed by atoms with E-state index >= 15 is 0 Å². The number of ether oxygens (including phenoxy) is 1. The number of nitrogens with zero attached hydrogens (tertiary/aromatic N) is 2. The number of hydrogen-bond donors (Lipinski definition) is 1. The molecule has 2 aromatic rings. The van der Waals surface area contributed by atoms with Crippen molar-refractivity contribution in [3.05, 3.63) is 54.4 Å². The standard InChI is InChI=1S/C17H19N3O3/c1-13(21)20(11-14-7-5-6-10-18-14)12-17(22)19-15-8-3-4-9-16(15)23-2/h3-10H,11-12H2,1-2H3,(H,19,22). The lowest BCUT2D eigenvalue weighted by atomic mass is 10.3. The molecule has 0 bridgehead atoms. The van der Waals surface area contributed by atoms with E-state index in [0.29, 0.717) is 11.4 Å². The van der Waals surface area contributed by atoms with Crippen LogP contribution in [0.2, 0.25) is 0 Å². The molecule has 0 atom stereocenters. The number of nitrogens with one attached hydrogen (secondary N) is 1. The summed E-state index contributed by atoms with van der Waals surface area (Å²) in [7, 11) is 1.54. The van der Waals surface area contributed by atoms with Crippen LogP contribution in [0.4, 0.5) is 5.69 Å². The van der Waals surface area contributed by atoms with Crippen LogP contribution in [0.15, 0.2) is 48.7 Å². The Bertz CT molecular complexity index is 674. The van der Waals surface area contributed by atoms with Crippen LogP contribution in [0.1, 0.15) is 12.6 Å². The van der Waals surface area contributed by atoms with Crippen molar-refractivity contribution in [1.82, 2.24) is 9.88 Å². The largest absolute Gasteiger partial charge is 0.495 e. The number of pyridine rings is 1. The van der Waals surface area contributed by atoms with E-state index in [1.165, 1.54) is 18.9 Å². The maximum Gasteiger partial charge on any atom is 0.244 e. The number of amides is 2. The smallest absolute Gasteiger partial charge is 0.244 e. The van der Waals surface area contributed by atoms with Gasteiger partial charge in [-0.3, -0.25) is 14.6 Å². The van der Waals surface area contributed by atoms with E-state index in [-0.39, 0.29) is 24.9 Å². The van der Waals surface area contributed by atoms with Crippen LogP contribution >= 0.6 is 0 Å². The number of methoxy groups -OCH3 is 1. The van der Waals surface area contributed by atoms with E-state index in [9.17, 15) is 9.59 Å². The monoisotopic (exact) mass is 313 g/mol. The highest BCUT2D eigenvalue weighted by molar-refractivity contribution is 5.95. The Labute approximate surface area is 135 Å². The average Bonchev–Trinajstić information content (AvgIpc) is 2.55. The highest BCUT2D eigenvalue weighted by Crippen LogP contribution is 2.22. The summed E-state index contributed by atoms with van der Waals surface area (Å²) in [5, 5.41) is 2.75. The molecule has 0 spiro atoms. The van der Waals surface area contributed by atoms with Crippen molar-refractivity contribution in [2.45, 2.75) is 13.5 Å². The number of anilines is 1. The molecular formula is C17H19N3O3. The van der Waals surface area contributed by atoms with E-state index in [2.05, 4.69) is 10.3 Å². The topological polar surface area (TPSA) is 71.5 Å². The fourth-order valence-electron chi connectivity index (χ4n) is 2.08. The second kappa shape index (κ2) is 7.93. The van der Waals surface area contributed by atoms with Gasteiger partial charge < -0.3 is 15.0 Å². The summed E-state index contributed by atoms with van der Waals surface area (Å²) in [6.45, 7) is 1.67. The molecule has 2 rings (SSSR count). The molecule has 0 aliphatic heterocycles. The molecule has 0 saturated carbocycles. The normalized spacial score (nSPS) is 10.0.